The highest BCUT2D eigenvalue weighted by Gasteiger charge is 2.34. The van der Waals surface area contributed by atoms with E-state index in [2.05, 4.69) is 0 Å². The van der Waals surface area contributed by atoms with E-state index >= 15 is 0 Å². The Balaban J connectivity index is 2.01. The molecule has 4 nitrogen and oxygen atoms in total. The molecule has 2 fully saturated rings. The van der Waals surface area contributed by atoms with Crippen LogP contribution >= 0.6 is 11.8 Å². The number of carbonyl (C=O) groups excluding carboxylic acids is 2. The maximum atomic E-state index is 11.6. The standard InChI is InChI=1S/C10H16N2O2S/c11-7-1-3-8(4-2-7)12-9(13)5-15-6-10(12)14/h7-8H,1-6,11H2. The number of thioether (sulfide) groups is 1. The van der Waals surface area contributed by atoms with Crippen molar-refractivity contribution >= 4 is 23.6 Å². The Morgan fingerprint density at radius 2 is 1.60 bits per heavy atom. The number of hydrogen-bond donors (Lipinski definition) is 1. The number of hydrogen-bond acceptors (Lipinski definition) is 4. The molecule has 15 heavy (non-hydrogen) atoms. The van der Waals surface area contributed by atoms with Gasteiger partial charge >= 0.3 is 0 Å². The average Bonchev–Trinajstić information content (AvgIpc) is 2.20. The topological polar surface area (TPSA) is 63.4 Å². The zero-order valence-corrected chi connectivity index (χ0v) is 9.46. The number of imide groups is 1. The first kappa shape index (κ1) is 11.0. The Morgan fingerprint density at radius 1 is 1.07 bits per heavy atom. The number of nitrogens with zero attached hydrogens (tertiary/aromatic N) is 1. The van der Waals surface area contributed by atoms with E-state index in [4.69, 9.17) is 5.73 Å². The zero-order valence-electron chi connectivity index (χ0n) is 8.65. The van der Waals surface area contributed by atoms with E-state index in [0.29, 0.717) is 11.5 Å². The summed E-state index contributed by atoms with van der Waals surface area (Å²) in [5, 5.41) is 0. The van der Waals surface area contributed by atoms with Crippen molar-refractivity contribution in [3.05, 3.63) is 0 Å². The molecule has 2 rings (SSSR count). The third-order valence-electron chi connectivity index (χ3n) is 3.09. The summed E-state index contributed by atoms with van der Waals surface area (Å²) >= 11 is 1.41. The van der Waals surface area contributed by atoms with Gasteiger partial charge in [-0.3, -0.25) is 14.5 Å². The summed E-state index contributed by atoms with van der Waals surface area (Å²) in [7, 11) is 0. The molecule has 0 radical (unpaired) electrons. The van der Waals surface area contributed by atoms with Gasteiger partial charge in [-0.25, -0.2) is 0 Å². The molecule has 1 aliphatic heterocycles. The van der Waals surface area contributed by atoms with Crippen LogP contribution in [0.1, 0.15) is 25.7 Å². The second-order valence-corrected chi connectivity index (χ2v) is 5.20. The van der Waals surface area contributed by atoms with E-state index in [-0.39, 0.29) is 23.9 Å². The van der Waals surface area contributed by atoms with E-state index < -0.39 is 0 Å². The van der Waals surface area contributed by atoms with Crippen molar-refractivity contribution in [3.8, 4) is 0 Å². The Labute approximate surface area is 93.6 Å². The predicted molar refractivity (Wildman–Crippen MR) is 59.4 cm³/mol. The lowest BCUT2D eigenvalue weighted by atomic mass is 9.90. The molecular formula is C10H16N2O2S. The fourth-order valence-corrected chi connectivity index (χ4v) is 3.00. The maximum absolute atomic E-state index is 11.6. The number of carbonyl (C=O) groups is 2. The van der Waals surface area contributed by atoms with Crippen LogP contribution in [0, 0.1) is 0 Å². The number of nitrogens with two attached hydrogens (primary N) is 1. The van der Waals surface area contributed by atoms with Crippen molar-refractivity contribution < 1.29 is 9.59 Å². The van der Waals surface area contributed by atoms with Gasteiger partial charge in [0, 0.05) is 12.1 Å². The number of amides is 2. The van der Waals surface area contributed by atoms with E-state index in [9.17, 15) is 9.59 Å². The van der Waals surface area contributed by atoms with Crippen molar-refractivity contribution in [3.63, 3.8) is 0 Å². The first-order valence-corrected chi connectivity index (χ1v) is 6.52. The highest BCUT2D eigenvalue weighted by atomic mass is 32.2. The molecule has 84 valence electrons. The molecule has 5 heteroatoms. The smallest absolute Gasteiger partial charge is 0.239 e. The maximum Gasteiger partial charge on any atom is 0.239 e. The quantitative estimate of drug-likeness (QED) is 0.658. The van der Waals surface area contributed by atoms with Gasteiger partial charge in [-0.15, -0.1) is 11.8 Å². The van der Waals surface area contributed by atoms with Gasteiger partial charge in [-0.1, -0.05) is 0 Å². The SMILES string of the molecule is NC1CCC(N2C(=O)CSCC2=O)CC1. The van der Waals surface area contributed by atoms with Crippen LogP contribution < -0.4 is 5.73 Å². The molecule has 0 spiro atoms. The highest BCUT2D eigenvalue weighted by molar-refractivity contribution is 8.00. The summed E-state index contributed by atoms with van der Waals surface area (Å²) in [6.07, 6.45) is 3.61. The highest BCUT2D eigenvalue weighted by Crippen LogP contribution is 2.25. The van der Waals surface area contributed by atoms with Gasteiger partial charge in [-0.05, 0) is 25.7 Å². The molecule has 2 amide bonds. The van der Waals surface area contributed by atoms with Crippen LogP contribution in [-0.4, -0.2) is 40.3 Å². The average molecular weight is 228 g/mol. The van der Waals surface area contributed by atoms with Gasteiger partial charge in [0.2, 0.25) is 11.8 Å². The molecule has 0 atom stereocenters. The first-order valence-electron chi connectivity index (χ1n) is 5.36. The van der Waals surface area contributed by atoms with Gasteiger partial charge in [-0.2, -0.15) is 0 Å². The molecule has 0 aromatic carbocycles. The second kappa shape index (κ2) is 4.53. The summed E-state index contributed by atoms with van der Waals surface area (Å²) in [5.74, 6) is 0.871. The summed E-state index contributed by atoms with van der Waals surface area (Å²) in [4.78, 5) is 24.8. The van der Waals surface area contributed by atoms with Gasteiger partial charge < -0.3 is 5.73 Å². The molecule has 0 aromatic heterocycles. The van der Waals surface area contributed by atoms with E-state index in [1.807, 2.05) is 0 Å². The summed E-state index contributed by atoms with van der Waals surface area (Å²) in [5.41, 5.74) is 5.80. The van der Waals surface area contributed by atoms with Crippen LogP contribution in [0.5, 0.6) is 0 Å². The van der Waals surface area contributed by atoms with Gasteiger partial charge in [0.15, 0.2) is 0 Å². The van der Waals surface area contributed by atoms with E-state index in [0.717, 1.165) is 25.7 Å². The van der Waals surface area contributed by atoms with E-state index in [1.165, 1.54) is 16.7 Å². The first-order chi connectivity index (χ1) is 7.18. The van der Waals surface area contributed by atoms with Crippen LogP contribution in [-0.2, 0) is 9.59 Å². The fraction of sp³-hybridized carbons (Fsp3) is 0.800. The van der Waals surface area contributed by atoms with Crippen LogP contribution in [0.15, 0.2) is 0 Å². The Morgan fingerprint density at radius 3 is 2.13 bits per heavy atom. The van der Waals surface area contributed by atoms with Crippen LogP contribution in [0.4, 0.5) is 0 Å². The van der Waals surface area contributed by atoms with Crippen molar-refractivity contribution in [1.29, 1.82) is 0 Å². The monoisotopic (exact) mass is 228 g/mol. The molecule has 2 N–H and O–H groups in total. The summed E-state index contributed by atoms with van der Waals surface area (Å²) < 4.78 is 0. The van der Waals surface area contributed by atoms with Crippen molar-refractivity contribution in [1.82, 2.24) is 4.90 Å². The predicted octanol–water partition coefficient (Wildman–Crippen LogP) is 0.358. The Hall–Kier alpha value is -0.550. The normalized spacial score (nSPS) is 33.3. The minimum Gasteiger partial charge on any atom is -0.328 e. The van der Waals surface area contributed by atoms with Crippen molar-refractivity contribution in [2.45, 2.75) is 37.8 Å². The van der Waals surface area contributed by atoms with Gasteiger partial charge in [0.25, 0.3) is 0 Å². The molecule has 1 heterocycles. The van der Waals surface area contributed by atoms with Crippen LogP contribution in [0.25, 0.3) is 0 Å². The molecule has 0 aromatic rings. The summed E-state index contributed by atoms with van der Waals surface area (Å²) in [6, 6.07) is 0.372. The fourth-order valence-electron chi connectivity index (χ4n) is 2.27. The van der Waals surface area contributed by atoms with Gasteiger partial charge in [0.1, 0.15) is 0 Å². The third kappa shape index (κ3) is 2.34. The van der Waals surface area contributed by atoms with Crippen molar-refractivity contribution in [2.24, 2.45) is 5.73 Å². The molecule has 0 unspecified atom stereocenters. The Bertz CT molecular complexity index is 259. The Kier molecular flexibility index (Phi) is 3.31. The number of rotatable bonds is 1. The van der Waals surface area contributed by atoms with Gasteiger partial charge in [0.05, 0.1) is 11.5 Å². The van der Waals surface area contributed by atoms with E-state index in [1.54, 1.807) is 0 Å². The lowest BCUT2D eigenvalue weighted by Gasteiger charge is -2.36. The zero-order chi connectivity index (χ0) is 10.8. The molecule has 1 aliphatic carbocycles. The second-order valence-electron chi connectivity index (χ2n) is 4.22. The lowest BCUT2D eigenvalue weighted by molar-refractivity contribution is -0.145. The van der Waals surface area contributed by atoms with Crippen LogP contribution in [0.3, 0.4) is 0 Å². The van der Waals surface area contributed by atoms with Crippen molar-refractivity contribution in [2.75, 3.05) is 11.5 Å². The lowest BCUT2D eigenvalue weighted by Crippen LogP contribution is -2.51. The minimum atomic E-state index is -0.0169. The molecule has 2 aliphatic rings. The molecule has 1 saturated heterocycles. The third-order valence-corrected chi connectivity index (χ3v) is 4.00. The van der Waals surface area contributed by atoms with Crippen LogP contribution in [0.2, 0.25) is 0 Å². The molecule has 1 saturated carbocycles. The largest absolute Gasteiger partial charge is 0.328 e. The summed E-state index contributed by atoms with van der Waals surface area (Å²) in [6.45, 7) is 0. The molecular weight excluding hydrogens is 212 g/mol. The molecule has 0 bridgehead atoms. The minimum absolute atomic E-state index is 0.0169.